The predicted octanol–water partition coefficient (Wildman–Crippen LogP) is 4.45. The van der Waals surface area contributed by atoms with E-state index in [1.54, 1.807) is 0 Å². The van der Waals surface area contributed by atoms with E-state index in [4.69, 9.17) is 0 Å². The van der Waals surface area contributed by atoms with Gasteiger partial charge in [-0.25, -0.2) is 0 Å². The summed E-state index contributed by atoms with van der Waals surface area (Å²) in [7, 11) is 0. The van der Waals surface area contributed by atoms with Crippen molar-refractivity contribution in [2.24, 2.45) is 5.92 Å². The molecule has 0 aliphatic carbocycles. The Balaban J connectivity index is 1.27. The topological polar surface area (TPSA) is 53.5 Å². The number of likely N-dealkylation sites (tertiary alicyclic amines) is 2. The molecule has 2 fully saturated rings. The average molecular weight is 428 g/mol. The fourth-order valence-corrected chi connectivity index (χ4v) is 5.14. The lowest BCUT2D eigenvalue weighted by atomic mass is 9.90. The number of amides is 2. The van der Waals surface area contributed by atoms with Gasteiger partial charge in [0.1, 0.15) is 0 Å². The van der Waals surface area contributed by atoms with Crippen LogP contribution in [-0.4, -0.2) is 46.2 Å². The van der Waals surface area contributed by atoms with E-state index in [1.807, 2.05) is 46.3 Å². The molecule has 0 bridgehead atoms. The van der Waals surface area contributed by atoms with Crippen molar-refractivity contribution in [2.45, 2.75) is 38.6 Å². The van der Waals surface area contributed by atoms with Gasteiger partial charge in [0.05, 0.1) is 5.52 Å². The Morgan fingerprint density at radius 2 is 1.91 bits per heavy atom. The fourth-order valence-electron chi connectivity index (χ4n) is 5.14. The minimum atomic E-state index is 0.0975. The van der Waals surface area contributed by atoms with Gasteiger partial charge in [0, 0.05) is 49.7 Å². The number of rotatable bonds is 5. The monoisotopic (exact) mass is 427 g/mol. The number of carbonyl (C=O) groups excluding carboxylic acids is 2. The third kappa shape index (κ3) is 4.38. The summed E-state index contributed by atoms with van der Waals surface area (Å²) in [6.45, 7) is 2.99. The maximum Gasteiger partial charge on any atom is 0.253 e. The molecule has 3 aromatic rings. The molecular weight excluding hydrogens is 398 g/mol. The van der Waals surface area contributed by atoms with Crippen LogP contribution in [-0.2, 0) is 17.8 Å². The van der Waals surface area contributed by atoms with Crippen LogP contribution < -0.4 is 0 Å². The van der Waals surface area contributed by atoms with E-state index in [1.165, 1.54) is 10.9 Å². The standard InChI is InChI=1S/C27H29N3O2/c31-25-12-5-14-29(25)18-20-6-1-10-24(17-20)27(32)30-15-4-7-21(19-30)16-23-9-2-8-22-11-3-13-28-26(22)23/h1-3,6,8-11,13,17,21H,4-5,7,12,14-16,18-19H2. The van der Waals surface area contributed by atoms with E-state index in [9.17, 15) is 9.59 Å². The smallest absolute Gasteiger partial charge is 0.253 e. The number of benzene rings is 2. The van der Waals surface area contributed by atoms with Gasteiger partial charge >= 0.3 is 0 Å². The highest BCUT2D eigenvalue weighted by Crippen LogP contribution is 2.26. The molecule has 2 aliphatic heterocycles. The predicted molar refractivity (Wildman–Crippen MR) is 125 cm³/mol. The molecule has 164 valence electrons. The normalized spacial score (nSPS) is 19.0. The molecule has 5 nitrogen and oxygen atoms in total. The number of carbonyl (C=O) groups is 2. The van der Waals surface area contributed by atoms with Crippen LogP contribution in [0.4, 0.5) is 0 Å². The minimum absolute atomic E-state index is 0.0975. The van der Waals surface area contributed by atoms with Gasteiger partial charge in [-0.05, 0) is 60.9 Å². The lowest BCUT2D eigenvalue weighted by Gasteiger charge is -2.33. The van der Waals surface area contributed by atoms with Gasteiger partial charge in [0.15, 0.2) is 0 Å². The van der Waals surface area contributed by atoms with Gasteiger partial charge in [0.25, 0.3) is 5.91 Å². The number of aromatic nitrogens is 1. The van der Waals surface area contributed by atoms with E-state index in [0.29, 0.717) is 18.9 Å². The van der Waals surface area contributed by atoms with Crippen LogP contribution in [0.1, 0.15) is 47.2 Å². The van der Waals surface area contributed by atoms with E-state index in [2.05, 4.69) is 29.2 Å². The summed E-state index contributed by atoms with van der Waals surface area (Å²) >= 11 is 0. The van der Waals surface area contributed by atoms with Crippen LogP contribution in [0.5, 0.6) is 0 Å². The fraction of sp³-hybridized carbons (Fsp3) is 0.370. The highest BCUT2D eigenvalue weighted by Gasteiger charge is 2.26. The number of pyridine rings is 1. The van der Waals surface area contributed by atoms with Gasteiger partial charge in [0.2, 0.25) is 5.91 Å². The Bertz CT molecular complexity index is 1140. The summed E-state index contributed by atoms with van der Waals surface area (Å²) in [6.07, 6.45) is 6.51. The third-order valence-corrected chi connectivity index (χ3v) is 6.75. The second-order valence-electron chi connectivity index (χ2n) is 9.08. The number of nitrogens with zero attached hydrogens (tertiary/aromatic N) is 3. The van der Waals surface area contributed by atoms with Crippen molar-refractivity contribution in [1.29, 1.82) is 0 Å². The lowest BCUT2D eigenvalue weighted by Crippen LogP contribution is -2.40. The molecule has 1 unspecified atom stereocenters. The molecule has 0 radical (unpaired) electrons. The quantitative estimate of drug-likeness (QED) is 0.604. The average Bonchev–Trinajstić information content (AvgIpc) is 3.23. The first kappa shape index (κ1) is 20.7. The van der Waals surface area contributed by atoms with E-state index >= 15 is 0 Å². The largest absolute Gasteiger partial charge is 0.338 e. The van der Waals surface area contributed by atoms with Crippen molar-refractivity contribution in [3.63, 3.8) is 0 Å². The third-order valence-electron chi connectivity index (χ3n) is 6.75. The number of para-hydroxylation sites is 1. The maximum atomic E-state index is 13.3. The Labute approximate surface area is 189 Å². The van der Waals surface area contributed by atoms with Gasteiger partial charge in [-0.2, -0.15) is 0 Å². The number of hydrogen-bond acceptors (Lipinski definition) is 3. The van der Waals surface area contributed by atoms with Gasteiger partial charge in [-0.1, -0.05) is 36.4 Å². The number of piperidine rings is 1. The molecule has 0 spiro atoms. The summed E-state index contributed by atoms with van der Waals surface area (Å²) in [6, 6.07) is 18.3. The number of fused-ring (bicyclic) bond motifs is 1. The molecule has 2 amide bonds. The van der Waals surface area contributed by atoms with Gasteiger partial charge in [-0.3, -0.25) is 14.6 Å². The molecule has 0 N–H and O–H groups in total. The van der Waals surface area contributed by atoms with Crippen LogP contribution in [0.15, 0.2) is 60.8 Å². The zero-order valence-corrected chi connectivity index (χ0v) is 18.4. The Kier molecular flexibility index (Phi) is 5.89. The molecule has 2 saturated heterocycles. The molecule has 1 atom stereocenters. The highest BCUT2D eigenvalue weighted by atomic mass is 16.2. The Hall–Kier alpha value is -3.21. The number of hydrogen-bond donors (Lipinski definition) is 0. The van der Waals surface area contributed by atoms with Crippen LogP contribution in [0.3, 0.4) is 0 Å². The molecule has 32 heavy (non-hydrogen) atoms. The van der Waals surface area contributed by atoms with Crippen LogP contribution in [0.2, 0.25) is 0 Å². The van der Waals surface area contributed by atoms with Gasteiger partial charge < -0.3 is 9.80 Å². The van der Waals surface area contributed by atoms with Crippen molar-refractivity contribution in [1.82, 2.24) is 14.8 Å². The Morgan fingerprint density at radius 3 is 2.78 bits per heavy atom. The second-order valence-corrected chi connectivity index (χ2v) is 9.08. The molecule has 2 aromatic carbocycles. The molecule has 5 rings (SSSR count). The van der Waals surface area contributed by atoms with Crippen LogP contribution in [0.25, 0.3) is 10.9 Å². The first-order valence-electron chi connectivity index (χ1n) is 11.7. The van der Waals surface area contributed by atoms with Crippen molar-refractivity contribution < 1.29 is 9.59 Å². The van der Waals surface area contributed by atoms with Crippen molar-refractivity contribution in [3.05, 3.63) is 77.5 Å². The van der Waals surface area contributed by atoms with E-state index < -0.39 is 0 Å². The molecule has 0 saturated carbocycles. The lowest BCUT2D eigenvalue weighted by molar-refractivity contribution is -0.128. The van der Waals surface area contributed by atoms with Crippen molar-refractivity contribution in [3.8, 4) is 0 Å². The van der Waals surface area contributed by atoms with Crippen LogP contribution in [0, 0.1) is 5.92 Å². The molecule has 1 aromatic heterocycles. The molecular formula is C27H29N3O2. The summed E-state index contributed by atoms with van der Waals surface area (Å²) in [4.78, 5) is 33.7. The molecule has 3 heterocycles. The zero-order valence-electron chi connectivity index (χ0n) is 18.4. The highest BCUT2D eigenvalue weighted by molar-refractivity contribution is 5.94. The van der Waals surface area contributed by atoms with Crippen molar-refractivity contribution >= 4 is 22.7 Å². The summed E-state index contributed by atoms with van der Waals surface area (Å²) < 4.78 is 0. The summed E-state index contributed by atoms with van der Waals surface area (Å²) in [5.74, 6) is 0.745. The molecule has 5 heteroatoms. The van der Waals surface area contributed by atoms with Crippen LogP contribution >= 0.6 is 0 Å². The first-order chi connectivity index (χ1) is 15.7. The summed E-state index contributed by atoms with van der Waals surface area (Å²) in [5, 5.41) is 1.17. The second kappa shape index (κ2) is 9.11. The molecule has 2 aliphatic rings. The SMILES string of the molecule is O=C1CCCN1Cc1cccc(C(=O)N2CCCC(Cc3cccc4cccnc34)C2)c1. The summed E-state index contributed by atoms with van der Waals surface area (Å²) in [5.41, 5.74) is 4.09. The zero-order chi connectivity index (χ0) is 21.9. The minimum Gasteiger partial charge on any atom is -0.338 e. The maximum absolute atomic E-state index is 13.3. The van der Waals surface area contributed by atoms with E-state index in [-0.39, 0.29) is 11.8 Å². The first-order valence-corrected chi connectivity index (χ1v) is 11.7. The van der Waals surface area contributed by atoms with Crippen molar-refractivity contribution in [2.75, 3.05) is 19.6 Å². The van der Waals surface area contributed by atoms with Gasteiger partial charge in [-0.15, -0.1) is 0 Å². The van der Waals surface area contributed by atoms with E-state index in [0.717, 1.165) is 62.0 Å². The Morgan fingerprint density at radius 1 is 1.03 bits per heavy atom.